The van der Waals surface area contributed by atoms with Crippen LogP contribution < -0.4 is 5.32 Å². The highest BCUT2D eigenvalue weighted by molar-refractivity contribution is 8.01. The van der Waals surface area contributed by atoms with Crippen LogP contribution in [0.25, 0.3) is 0 Å². The third-order valence-electron chi connectivity index (χ3n) is 1.60. The number of ether oxygens (including phenoxy) is 1. The predicted octanol–water partition coefficient (Wildman–Crippen LogP) is 3.71. The molecule has 7 heteroatoms. The molecule has 1 amide bonds. The van der Waals surface area contributed by atoms with Crippen LogP contribution in [0.3, 0.4) is 0 Å². The molecular formula is C11H18F3NO2S. The fourth-order valence-electron chi connectivity index (χ4n) is 1.05. The molecule has 0 spiro atoms. The van der Waals surface area contributed by atoms with Crippen LogP contribution in [0, 0.1) is 0 Å². The third-order valence-corrected chi connectivity index (χ3v) is 2.03. The number of carbonyl (C=O) groups is 1. The van der Waals surface area contributed by atoms with E-state index in [0.717, 1.165) is 0 Å². The van der Waals surface area contributed by atoms with E-state index in [-0.39, 0.29) is 0 Å². The first-order chi connectivity index (χ1) is 8.03. The second-order valence-corrected chi connectivity index (χ2v) is 5.38. The predicted molar refractivity (Wildman–Crippen MR) is 66.5 cm³/mol. The molecule has 0 aliphatic rings. The summed E-state index contributed by atoms with van der Waals surface area (Å²) in [7, 11) is 0. The van der Waals surface area contributed by atoms with E-state index in [1.54, 1.807) is 27.0 Å². The summed E-state index contributed by atoms with van der Waals surface area (Å²) in [5.41, 5.74) is -0.740. The van der Waals surface area contributed by atoms with Gasteiger partial charge in [-0.1, -0.05) is 6.08 Å². The van der Waals surface area contributed by atoms with Crippen LogP contribution in [-0.4, -0.2) is 30.2 Å². The number of alkyl carbamates (subject to hydrolysis) is 1. The van der Waals surface area contributed by atoms with Crippen molar-refractivity contribution >= 4 is 17.9 Å². The van der Waals surface area contributed by atoms with Crippen molar-refractivity contribution in [3.8, 4) is 0 Å². The van der Waals surface area contributed by atoms with Crippen LogP contribution in [-0.2, 0) is 4.74 Å². The van der Waals surface area contributed by atoms with Crippen LogP contribution in [0.1, 0.15) is 27.2 Å². The number of thioether (sulfide) groups is 1. The Kier molecular flexibility index (Phi) is 6.59. The van der Waals surface area contributed by atoms with Gasteiger partial charge in [0.25, 0.3) is 0 Å². The summed E-state index contributed by atoms with van der Waals surface area (Å²) in [5, 5.41) is 3.68. The largest absolute Gasteiger partial charge is 0.444 e. The average Bonchev–Trinajstić information content (AvgIpc) is 2.08. The molecule has 3 nitrogen and oxygen atoms in total. The molecule has 106 valence electrons. The van der Waals surface area contributed by atoms with Gasteiger partial charge in [-0.3, -0.25) is 0 Å². The highest BCUT2D eigenvalue weighted by Crippen LogP contribution is 2.22. The number of nitrogens with one attached hydrogen (secondary N) is 1. The number of alkyl halides is 3. The molecule has 0 bridgehead atoms. The lowest BCUT2D eigenvalue weighted by molar-refractivity contribution is -0.137. The van der Waals surface area contributed by atoms with Gasteiger partial charge < -0.3 is 10.1 Å². The molecule has 0 aliphatic heterocycles. The Morgan fingerprint density at radius 2 is 1.94 bits per heavy atom. The molecule has 0 rings (SSSR count). The van der Waals surface area contributed by atoms with Gasteiger partial charge >= 0.3 is 12.3 Å². The van der Waals surface area contributed by atoms with E-state index in [1.165, 1.54) is 23.2 Å². The number of halogens is 3. The molecule has 0 aliphatic carbocycles. The van der Waals surface area contributed by atoms with E-state index in [0.29, 0.717) is 0 Å². The highest BCUT2D eigenvalue weighted by atomic mass is 32.2. The van der Waals surface area contributed by atoms with Crippen LogP contribution in [0.4, 0.5) is 18.0 Å². The van der Waals surface area contributed by atoms with E-state index in [2.05, 4.69) is 5.32 Å². The zero-order valence-electron chi connectivity index (χ0n) is 10.8. The second-order valence-electron chi connectivity index (χ2n) is 4.64. The standard InChI is InChI=1S/C11H18F3NO2S/c1-10(2,3)17-9(16)15-8(5-6-18-4)7-11(12,13)14/h5-6,8H,7H2,1-4H3,(H,15,16)/b6-5-. The molecule has 0 fully saturated rings. The number of carbonyl (C=O) groups excluding carboxylic acids is 1. The first kappa shape index (κ1) is 17.2. The molecule has 0 aromatic heterocycles. The molecule has 1 atom stereocenters. The first-order valence-electron chi connectivity index (χ1n) is 5.29. The Balaban J connectivity index is 4.50. The fourth-order valence-corrected chi connectivity index (χ4v) is 1.40. The van der Waals surface area contributed by atoms with Gasteiger partial charge in [0.05, 0.1) is 12.5 Å². The van der Waals surface area contributed by atoms with Crippen LogP contribution in [0.2, 0.25) is 0 Å². The topological polar surface area (TPSA) is 38.3 Å². The number of hydrogen-bond donors (Lipinski definition) is 1. The van der Waals surface area contributed by atoms with Gasteiger partial charge in [-0.25, -0.2) is 4.79 Å². The van der Waals surface area contributed by atoms with E-state index in [4.69, 9.17) is 4.74 Å². The van der Waals surface area contributed by atoms with Crippen LogP contribution >= 0.6 is 11.8 Å². The second kappa shape index (κ2) is 6.92. The van der Waals surface area contributed by atoms with E-state index in [9.17, 15) is 18.0 Å². The minimum Gasteiger partial charge on any atom is -0.444 e. The highest BCUT2D eigenvalue weighted by Gasteiger charge is 2.32. The van der Waals surface area contributed by atoms with Gasteiger partial charge in [0, 0.05) is 0 Å². The van der Waals surface area contributed by atoms with Crippen molar-refractivity contribution in [3.63, 3.8) is 0 Å². The monoisotopic (exact) mass is 285 g/mol. The summed E-state index contributed by atoms with van der Waals surface area (Å²) in [6, 6.07) is -1.12. The summed E-state index contributed by atoms with van der Waals surface area (Å²) in [5.74, 6) is 0. The minimum atomic E-state index is -4.34. The first-order valence-corrected chi connectivity index (χ1v) is 6.58. The maximum Gasteiger partial charge on any atom is 0.408 e. The lowest BCUT2D eigenvalue weighted by Crippen LogP contribution is -2.40. The Morgan fingerprint density at radius 1 is 1.39 bits per heavy atom. The molecule has 0 aromatic carbocycles. The summed E-state index contributed by atoms with van der Waals surface area (Å²) in [6.45, 7) is 4.93. The van der Waals surface area contributed by atoms with E-state index >= 15 is 0 Å². The lowest BCUT2D eigenvalue weighted by Gasteiger charge is -2.22. The van der Waals surface area contributed by atoms with Crippen LogP contribution in [0.15, 0.2) is 11.5 Å². The zero-order chi connectivity index (χ0) is 14.4. The van der Waals surface area contributed by atoms with Gasteiger partial charge in [0.2, 0.25) is 0 Å². The van der Waals surface area contributed by atoms with Crippen molar-refractivity contribution in [2.75, 3.05) is 6.26 Å². The van der Waals surface area contributed by atoms with Gasteiger partial charge in [-0.2, -0.15) is 13.2 Å². The molecule has 18 heavy (non-hydrogen) atoms. The van der Waals surface area contributed by atoms with E-state index < -0.39 is 30.3 Å². The normalized spacial score (nSPS) is 14.6. The van der Waals surface area contributed by atoms with Gasteiger partial charge in [-0.15, -0.1) is 11.8 Å². The quantitative estimate of drug-likeness (QED) is 0.855. The minimum absolute atomic E-state index is 0.740. The Morgan fingerprint density at radius 3 is 2.33 bits per heavy atom. The maximum absolute atomic E-state index is 12.3. The number of amides is 1. The van der Waals surface area contributed by atoms with E-state index in [1.807, 2.05) is 0 Å². The molecule has 1 unspecified atom stereocenters. The van der Waals surface area contributed by atoms with Crippen molar-refractivity contribution in [1.82, 2.24) is 5.32 Å². The van der Waals surface area contributed by atoms with Gasteiger partial charge in [0.15, 0.2) is 0 Å². The molecule has 0 aromatic rings. The van der Waals surface area contributed by atoms with Crippen molar-refractivity contribution in [3.05, 3.63) is 11.5 Å². The van der Waals surface area contributed by atoms with Gasteiger partial charge in [0.1, 0.15) is 5.60 Å². The summed E-state index contributed by atoms with van der Waals surface area (Å²) in [4.78, 5) is 11.4. The zero-order valence-corrected chi connectivity index (χ0v) is 11.6. The van der Waals surface area contributed by atoms with Crippen molar-refractivity contribution in [2.24, 2.45) is 0 Å². The van der Waals surface area contributed by atoms with Crippen molar-refractivity contribution < 1.29 is 22.7 Å². The Bertz CT molecular complexity index is 298. The molecule has 1 N–H and O–H groups in total. The summed E-state index contributed by atoms with van der Waals surface area (Å²) in [6.07, 6.45) is -3.31. The number of rotatable bonds is 4. The lowest BCUT2D eigenvalue weighted by atomic mass is 10.2. The van der Waals surface area contributed by atoms with Crippen LogP contribution in [0.5, 0.6) is 0 Å². The van der Waals surface area contributed by atoms with Gasteiger partial charge in [-0.05, 0) is 32.4 Å². The Labute approximate surface area is 109 Å². The Hall–Kier alpha value is -0.850. The molecule has 0 saturated heterocycles. The fraction of sp³-hybridized carbons (Fsp3) is 0.727. The molecule has 0 radical (unpaired) electrons. The van der Waals surface area contributed by atoms with Crippen molar-refractivity contribution in [2.45, 2.75) is 45.0 Å². The van der Waals surface area contributed by atoms with Crippen molar-refractivity contribution in [1.29, 1.82) is 0 Å². The third kappa shape index (κ3) is 10.3. The average molecular weight is 285 g/mol. The molecule has 0 heterocycles. The maximum atomic E-state index is 12.3. The summed E-state index contributed by atoms with van der Waals surface area (Å²) >= 11 is 1.26. The molecular weight excluding hydrogens is 267 g/mol. The SMILES string of the molecule is CS/C=C\C(CC(F)(F)F)NC(=O)OC(C)(C)C. The molecule has 0 saturated carbocycles. The summed E-state index contributed by atoms with van der Waals surface area (Å²) < 4.78 is 41.8. The number of hydrogen-bond acceptors (Lipinski definition) is 3. The smallest absolute Gasteiger partial charge is 0.408 e.